The molecule has 0 atom stereocenters. The summed E-state index contributed by atoms with van der Waals surface area (Å²) in [6, 6.07) is 43.5. The molecule has 0 fully saturated rings. The molecule has 35 heteroatoms. The molecule has 0 bridgehead atoms. The molecule has 0 unspecified atom stereocenters. The maximum Gasteiger partial charge on any atom is 0.259 e. The SMILES string of the molecule is CC(C)c1ccc(S(=O)(=O)NC(C)(C)C)c(Cl)c1Cl.CC(C)c1ccc(S(=O)(=O)NC(C)(C)C)c2ccccc12.CC(C)c1cnc(S(=O)(=O)NC(C)(C)C)c2ccccc12.CCC(C)(C)NS(=O)(=O)c1ccc(C(C)C)c(Cl)c1C.CCC(C)(C)NS(=O)(=O)c1ccc(C(C)C)c(Cl)c1Cl.CCC(C)(C)NS(=O)(=O)c1ccc(C(C)C)c2ccccc12.Cc1c(S(=O)(=O)NC(C)(C)C)ccc(C(C)C)c1Cl. The third kappa shape index (κ3) is 36.5. The van der Waals surface area contributed by atoms with Crippen LogP contribution in [0.5, 0.6) is 0 Å². The summed E-state index contributed by atoms with van der Waals surface area (Å²) in [5, 5.41) is 7.11. The quantitative estimate of drug-likeness (QED) is 0.0252. The lowest BCUT2D eigenvalue weighted by Gasteiger charge is -2.25. The van der Waals surface area contributed by atoms with Gasteiger partial charge in [-0.3, -0.25) is 0 Å². The van der Waals surface area contributed by atoms with Crippen molar-refractivity contribution in [3.63, 3.8) is 0 Å². The topological polar surface area (TPSA) is 336 Å². The fourth-order valence-electron chi connectivity index (χ4n) is 14.5. The van der Waals surface area contributed by atoms with Crippen molar-refractivity contribution in [2.75, 3.05) is 0 Å². The molecule has 1 aromatic heterocycles. The zero-order valence-electron chi connectivity index (χ0n) is 89.9. The van der Waals surface area contributed by atoms with Crippen LogP contribution in [0.25, 0.3) is 32.3 Å². The van der Waals surface area contributed by atoms with Gasteiger partial charge in [0.2, 0.25) is 60.1 Å². The van der Waals surface area contributed by atoms with Gasteiger partial charge in [-0.25, -0.2) is 97.0 Å². The van der Waals surface area contributed by atoms with Crippen molar-refractivity contribution in [2.24, 2.45) is 0 Å². The number of nitrogens with zero attached hydrogens (tertiary/aromatic N) is 1. The van der Waals surface area contributed by atoms with Crippen molar-refractivity contribution in [3.8, 4) is 0 Å². The average Bonchev–Trinajstić information content (AvgIpc) is 0.768. The highest BCUT2D eigenvalue weighted by Crippen LogP contribution is 2.42. The van der Waals surface area contributed by atoms with Crippen molar-refractivity contribution in [1.82, 2.24) is 38.0 Å². The van der Waals surface area contributed by atoms with Crippen LogP contribution in [0, 0.1) is 13.8 Å². The Kier molecular flexibility index (Phi) is 45.7. The van der Waals surface area contributed by atoms with Crippen LogP contribution in [-0.2, 0) is 70.2 Å². The van der Waals surface area contributed by atoms with Gasteiger partial charge in [0.1, 0.15) is 9.79 Å². The molecular formula is C107H156Cl6N8O14S7. The van der Waals surface area contributed by atoms with E-state index in [9.17, 15) is 58.9 Å². The highest BCUT2D eigenvalue weighted by molar-refractivity contribution is 7.91. The first-order chi connectivity index (χ1) is 64.4. The van der Waals surface area contributed by atoms with Crippen molar-refractivity contribution >= 4 is 172 Å². The largest absolute Gasteiger partial charge is 0.259 e. The van der Waals surface area contributed by atoms with Crippen molar-refractivity contribution in [2.45, 2.75) is 390 Å². The molecule has 0 spiro atoms. The summed E-state index contributed by atoms with van der Waals surface area (Å²) in [5.41, 5.74) is 4.59. The van der Waals surface area contributed by atoms with Crippen LogP contribution < -0.4 is 33.1 Å². The maximum absolute atomic E-state index is 12.8. The third-order valence-corrected chi connectivity index (χ3v) is 38.1. The fraction of sp³-hybridized carbons (Fsp3) is 0.505. The molecule has 1 heterocycles. The lowest BCUT2D eigenvalue weighted by molar-refractivity contribution is 0.438. The first-order valence-electron chi connectivity index (χ1n) is 47.6. The smallest absolute Gasteiger partial charge is 0.243 e. The summed E-state index contributed by atoms with van der Waals surface area (Å²) in [6.45, 7) is 70.8. The molecule has 142 heavy (non-hydrogen) atoms. The Bertz CT molecular complexity index is 6600. The first kappa shape index (κ1) is 128. The van der Waals surface area contributed by atoms with E-state index in [1.807, 2.05) is 265 Å². The Balaban J connectivity index is 0.000000346. The molecule has 0 saturated heterocycles. The number of hydrogen-bond donors (Lipinski definition) is 7. The Morgan fingerprint density at radius 1 is 0.232 bits per heavy atom. The number of halogens is 6. The minimum absolute atomic E-state index is 0.0125. The highest BCUT2D eigenvalue weighted by atomic mass is 35.5. The Hall–Kier alpha value is -5.98. The summed E-state index contributed by atoms with van der Waals surface area (Å²) in [4.78, 5) is 5.47. The average molecular weight is 2220 g/mol. The number of sulfonamides is 7. The molecule has 22 nitrogen and oxygen atoms in total. The second kappa shape index (κ2) is 50.6. The minimum atomic E-state index is -3.69. The van der Waals surface area contributed by atoms with Crippen molar-refractivity contribution < 1.29 is 58.9 Å². The number of fused-ring (bicyclic) bond motifs is 3. The van der Waals surface area contributed by atoms with Gasteiger partial charge in [0.15, 0.2) is 5.03 Å². The van der Waals surface area contributed by atoms with Gasteiger partial charge >= 0.3 is 0 Å². The van der Waals surface area contributed by atoms with Gasteiger partial charge in [-0.2, -0.15) is 0 Å². The molecule has 9 aromatic carbocycles. The van der Waals surface area contributed by atoms with E-state index in [0.717, 1.165) is 61.2 Å². The third-order valence-electron chi connectivity index (χ3n) is 22.5. The molecule has 0 amide bonds. The monoisotopic (exact) mass is 2210 g/mol. The molecule has 10 aromatic rings. The number of pyridine rings is 1. The van der Waals surface area contributed by atoms with Gasteiger partial charge < -0.3 is 0 Å². The molecule has 0 radical (unpaired) electrons. The maximum atomic E-state index is 12.8. The van der Waals surface area contributed by atoms with E-state index >= 15 is 0 Å². The van der Waals surface area contributed by atoms with Gasteiger partial charge in [-0.05, 0) is 302 Å². The predicted molar refractivity (Wildman–Crippen MR) is 598 cm³/mol. The van der Waals surface area contributed by atoms with Crippen LogP contribution in [0.1, 0.15) is 353 Å². The fourth-order valence-corrected chi connectivity index (χ4v) is 28.5. The van der Waals surface area contributed by atoms with Crippen LogP contribution in [0.4, 0.5) is 0 Å². The number of benzene rings is 9. The second-order valence-corrected chi connectivity index (χ2v) is 57.5. The minimum Gasteiger partial charge on any atom is -0.243 e. The Morgan fingerprint density at radius 2 is 0.430 bits per heavy atom. The summed E-state index contributed by atoms with van der Waals surface area (Å²) in [5.74, 6) is 1.87. The summed E-state index contributed by atoms with van der Waals surface area (Å²) >= 11 is 37.2. The van der Waals surface area contributed by atoms with Gasteiger partial charge in [-0.1, -0.05) is 297 Å². The molecule has 10 rings (SSSR count). The number of nitrogens with one attached hydrogen (secondary N) is 7. The van der Waals surface area contributed by atoms with E-state index in [1.165, 1.54) is 23.3 Å². The molecular weight excluding hydrogens is 2060 g/mol. The van der Waals surface area contributed by atoms with E-state index in [4.69, 9.17) is 69.6 Å². The van der Waals surface area contributed by atoms with E-state index in [1.54, 1.807) is 89.3 Å². The Labute approximate surface area is 883 Å². The Morgan fingerprint density at radius 3 is 0.697 bits per heavy atom. The highest BCUT2D eigenvalue weighted by Gasteiger charge is 2.35. The van der Waals surface area contributed by atoms with Crippen molar-refractivity contribution in [1.29, 1.82) is 0 Å². The number of rotatable bonds is 27. The zero-order chi connectivity index (χ0) is 110. The van der Waals surface area contributed by atoms with Crippen LogP contribution >= 0.6 is 69.6 Å². The molecule has 0 aliphatic rings. The molecule has 0 aliphatic heterocycles. The number of hydrogen-bond acceptors (Lipinski definition) is 15. The normalized spacial score (nSPS) is 13.0. The lowest BCUT2D eigenvalue weighted by atomic mass is 9.96. The number of aromatic nitrogens is 1. The van der Waals surface area contributed by atoms with Crippen LogP contribution in [-0.4, -0.2) is 103 Å². The van der Waals surface area contributed by atoms with Gasteiger partial charge in [0.25, 0.3) is 10.0 Å². The summed E-state index contributed by atoms with van der Waals surface area (Å²) < 4.78 is 194. The lowest BCUT2D eigenvalue weighted by Crippen LogP contribution is -2.42. The van der Waals surface area contributed by atoms with E-state index in [0.29, 0.717) is 71.1 Å². The van der Waals surface area contributed by atoms with E-state index < -0.39 is 109 Å². The van der Waals surface area contributed by atoms with Crippen LogP contribution in [0.2, 0.25) is 30.1 Å². The van der Waals surface area contributed by atoms with Crippen molar-refractivity contribution in [3.05, 3.63) is 232 Å². The van der Waals surface area contributed by atoms with E-state index in [2.05, 4.69) is 79.6 Å². The first-order valence-corrected chi connectivity index (χ1v) is 60.2. The molecule has 792 valence electrons. The van der Waals surface area contributed by atoms with Crippen LogP contribution in [0.15, 0.2) is 186 Å². The second-order valence-electron chi connectivity index (χ2n) is 43.7. The van der Waals surface area contributed by atoms with Gasteiger partial charge in [-0.15, -0.1) is 0 Å². The standard InChI is InChI=1S/C18H25NO2S.C17H23NO2S.C16H22N2O2S.C15H24ClNO2S.C14H21Cl2NO2S.C14H22ClNO2S.C13H19Cl2NO2S/c1-6-18(4,5)19-22(20,21)17-12-11-14(13(2)3)15-9-7-8-10-16(15)17;1-12(2)13-10-11-16(15-9-7-6-8-14(13)15)21(19,20)18-17(3,4)5;1-11(2)14-10-17-15(13-9-7-6-8-12(13)14)21(19,20)18-16(3,4)5;1-7-15(5,6)17-20(18,19)13-9-8-12(10(2)3)14(16)11(13)4;1-6-14(4,5)17-20(18,19)11-8-7-10(9(2)3)12(15)13(11)16;1-9(2)11-7-8-12(10(3)13(11)15)19(17,18)16-14(4,5)6;1-8(2)9-6-7-10(12(15)11(9)14)19(17,18)16-13(3,4)5/h7-13,19H,6H2,1-5H3;6-12,18H,1-5H3;6-11,18H,1-5H3;8-10,17H,7H2,1-6H3;7-9,17H,6H2,1-5H3;7-9,16H,1-6H3;6-8,16H,1-5H3. The van der Waals surface area contributed by atoms with Crippen LogP contribution in [0.3, 0.4) is 0 Å². The van der Waals surface area contributed by atoms with Gasteiger partial charge in [0, 0.05) is 71.2 Å². The zero-order valence-corrected chi connectivity index (χ0v) is 100. The summed E-state index contributed by atoms with van der Waals surface area (Å²) in [6.07, 6.45) is 3.78. The molecule has 7 N–H and O–H groups in total. The van der Waals surface area contributed by atoms with E-state index in [-0.39, 0.29) is 64.2 Å². The molecule has 0 aliphatic carbocycles. The molecule has 0 saturated carbocycles. The predicted octanol–water partition coefficient (Wildman–Crippen LogP) is 28.8. The van der Waals surface area contributed by atoms with Gasteiger partial charge in [0.05, 0.1) is 39.7 Å². The summed E-state index contributed by atoms with van der Waals surface area (Å²) in [7, 11) is -25.2.